The molecule has 0 amide bonds. The van der Waals surface area contributed by atoms with Crippen molar-refractivity contribution < 1.29 is 4.39 Å². The zero-order chi connectivity index (χ0) is 14.8. The molecule has 0 fully saturated rings. The topological polar surface area (TPSA) is 15.3 Å². The zero-order valence-corrected chi connectivity index (χ0v) is 12.6. The maximum atomic E-state index is 13.6. The zero-order valence-electron chi connectivity index (χ0n) is 12.6. The second kappa shape index (κ2) is 5.86. The Morgan fingerprint density at radius 1 is 1.19 bits per heavy atom. The van der Waals surface area contributed by atoms with Crippen LogP contribution >= 0.6 is 0 Å². The van der Waals surface area contributed by atoms with Crippen LogP contribution in [0, 0.1) is 5.82 Å². The van der Waals surface area contributed by atoms with Crippen molar-refractivity contribution >= 4 is 11.4 Å². The van der Waals surface area contributed by atoms with Gasteiger partial charge in [-0.1, -0.05) is 31.2 Å². The van der Waals surface area contributed by atoms with Crippen LogP contribution in [0.4, 0.5) is 15.8 Å². The third-order valence-electron chi connectivity index (χ3n) is 4.30. The molecule has 110 valence electrons. The van der Waals surface area contributed by atoms with E-state index in [0.717, 1.165) is 25.1 Å². The largest absolute Gasteiger partial charge is 0.341 e. The lowest BCUT2D eigenvalue weighted by Gasteiger charge is -2.26. The molecular weight excluding hydrogens is 263 g/mol. The fraction of sp³-hybridized carbons (Fsp3) is 0.333. The lowest BCUT2D eigenvalue weighted by atomic mass is 10.0. The molecule has 2 nitrogen and oxygen atoms in total. The number of para-hydroxylation sites is 1. The van der Waals surface area contributed by atoms with E-state index in [9.17, 15) is 4.39 Å². The Labute approximate surface area is 125 Å². The van der Waals surface area contributed by atoms with E-state index in [-0.39, 0.29) is 5.82 Å². The Morgan fingerprint density at radius 3 is 2.76 bits per heavy atom. The number of halogens is 1. The van der Waals surface area contributed by atoms with Gasteiger partial charge in [0.25, 0.3) is 0 Å². The first-order chi connectivity index (χ1) is 10.2. The van der Waals surface area contributed by atoms with Crippen LogP contribution in [0.1, 0.15) is 30.5 Å². The summed E-state index contributed by atoms with van der Waals surface area (Å²) in [6.07, 6.45) is 2.00. The molecule has 0 aliphatic carbocycles. The van der Waals surface area contributed by atoms with E-state index in [2.05, 4.69) is 41.4 Å². The summed E-state index contributed by atoms with van der Waals surface area (Å²) in [5, 5.41) is 3.37. The standard InChI is InChI=1S/C18H21FN2/c1-3-16(20-2)15-6-4-5-7-17(15)21-11-10-13-8-9-14(19)12-18(13)21/h4-9,12,16,20H,3,10-11H2,1-2H3. The molecule has 2 aromatic carbocycles. The van der Waals surface area contributed by atoms with Crippen molar-refractivity contribution in [3.05, 3.63) is 59.4 Å². The molecule has 0 radical (unpaired) electrons. The number of nitrogens with zero attached hydrogens (tertiary/aromatic N) is 1. The van der Waals surface area contributed by atoms with Gasteiger partial charge in [0.2, 0.25) is 0 Å². The number of benzene rings is 2. The number of hydrogen-bond donors (Lipinski definition) is 1. The van der Waals surface area contributed by atoms with Crippen molar-refractivity contribution in [2.45, 2.75) is 25.8 Å². The van der Waals surface area contributed by atoms with Crippen molar-refractivity contribution in [2.75, 3.05) is 18.5 Å². The molecule has 0 saturated carbocycles. The van der Waals surface area contributed by atoms with E-state index in [1.807, 2.05) is 13.1 Å². The number of rotatable bonds is 4. The summed E-state index contributed by atoms with van der Waals surface area (Å²) in [6.45, 7) is 3.09. The normalized spacial score (nSPS) is 15.1. The first-order valence-electron chi connectivity index (χ1n) is 7.56. The lowest BCUT2D eigenvalue weighted by Crippen LogP contribution is -2.21. The predicted molar refractivity (Wildman–Crippen MR) is 85.6 cm³/mol. The summed E-state index contributed by atoms with van der Waals surface area (Å²) in [6, 6.07) is 13.9. The molecule has 3 heteroatoms. The molecule has 0 aromatic heterocycles. The second-order valence-corrected chi connectivity index (χ2v) is 5.48. The molecule has 0 spiro atoms. The average molecular weight is 284 g/mol. The maximum Gasteiger partial charge on any atom is 0.125 e. The van der Waals surface area contributed by atoms with Gasteiger partial charge >= 0.3 is 0 Å². The van der Waals surface area contributed by atoms with Gasteiger partial charge in [-0.2, -0.15) is 0 Å². The van der Waals surface area contributed by atoms with Crippen LogP contribution in [0.15, 0.2) is 42.5 Å². The van der Waals surface area contributed by atoms with E-state index >= 15 is 0 Å². The van der Waals surface area contributed by atoms with Crippen LogP contribution in [-0.2, 0) is 6.42 Å². The van der Waals surface area contributed by atoms with Crippen LogP contribution in [0.5, 0.6) is 0 Å². The van der Waals surface area contributed by atoms with Crippen LogP contribution in [0.2, 0.25) is 0 Å². The van der Waals surface area contributed by atoms with Crippen LogP contribution in [0.3, 0.4) is 0 Å². The smallest absolute Gasteiger partial charge is 0.125 e. The minimum absolute atomic E-state index is 0.168. The molecule has 0 saturated heterocycles. The number of fused-ring (bicyclic) bond motifs is 1. The highest BCUT2D eigenvalue weighted by molar-refractivity contribution is 5.72. The Bertz CT molecular complexity index is 635. The molecular formula is C18H21FN2. The van der Waals surface area contributed by atoms with Gasteiger partial charge in [0.15, 0.2) is 0 Å². The van der Waals surface area contributed by atoms with E-state index in [1.165, 1.54) is 16.8 Å². The number of anilines is 2. The maximum absolute atomic E-state index is 13.6. The molecule has 1 N–H and O–H groups in total. The summed E-state index contributed by atoms with van der Waals surface area (Å²) in [5.74, 6) is -0.168. The van der Waals surface area contributed by atoms with Crippen LogP contribution in [0.25, 0.3) is 0 Å². The quantitative estimate of drug-likeness (QED) is 0.905. The number of nitrogens with one attached hydrogen (secondary N) is 1. The van der Waals surface area contributed by atoms with Crippen molar-refractivity contribution in [2.24, 2.45) is 0 Å². The minimum atomic E-state index is -0.168. The minimum Gasteiger partial charge on any atom is -0.341 e. The third kappa shape index (κ3) is 2.54. The predicted octanol–water partition coefficient (Wildman–Crippen LogP) is 4.19. The highest BCUT2D eigenvalue weighted by atomic mass is 19.1. The molecule has 1 aliphatic rings. The molecule has 21 heavy (non-hydrogen) atoms. The van der Waals surface area contributed by atoms with E-state index < -0.39 is 0 Å². The van der Waals surface area contributed by atoms with Gasteiger partial charge < -0.3 is 10.2 Å². The van der Waals surface area contributed by atoms with E-state index in [1.54, 1.807) is 12.1 Å². The summed E-state index contributed by atoms with van der Waals surface area (Å²) in [4.78, 5) is 2.24. The van der Waals surface area contributed by atoms with E-state index in [0.29, 0.717) is 6.04 Å². The van der Waals surface area contributed by atoms with Gasteiger partial charge in [-0.25, -0.2) is 4.39 Å². The van der Waals surface area contributed by atoms with Crippen molar-refractivity contribution in [3.63, 3.8) is 0 Å². The molecule has 1 heterocycles. The van der Waals surface area contributed by atoms with Gasteiger partial charge in [-0.05, 0) is 49.2 Å². The second-order valence-electron chi connectivity index (χ2n) is 5.48. The Morgan fingerprint density at radius 2 is 2.00 bits per heavy atom. The molecule has 1 aliphatic heterocycles. The SMILES string of the molecule is CCC(NC)c1ccccc1N1CCc2ccc(F)cc21. The summed E-state index contributed by atoms with van der Waals surface area (Å²) >= 11 is 0. The fourth-order valence-corrected chi connectivity index (χ4v) is 3.21. The molecule has 3 rings (SSSR count). The first kappa shape index (κ1) is 14.1. The van der Waals surface area contributed by atoms with Gasteiger partial charge in [0, 0.05) is 24.0 Å². The van der Waals surface area contributed by atoms with Gasteiger partial charge in [-0.3, -0.25) is 0 Å². The summed E-state index contributed by atoms with van der Waals surface area (Å²) < 4.78 is 13.6. The van der Waals surface area contributed by atoms with Crippen molar-refractivity contribution in [3.8, 4) is 0 Å². The van der Waals surface area contributed by atoms with Crippen molar-refractivity contribution in [1.29, 1.82) is 0 Å². The Balaban J connectivity index is 2.05. The van der Waals surface area contributed by atoms with Crippen LogP contribution < -0.4 is 10.2 Å². The Hall–Kier alpha value is -1.87. The molecule has 1 atom stereocenters. The summed E-state index contributed by atoms with van der Waals surface area (Å²) in [5.41, 5.74) is 4.69. The highest BCUT2D eigenvalue weighted by Gasteiger charge is 2.24. The Kier molecular flexibility index (Phi) is 3.93. The average Bonchev–Trinajstić information content (AvgIpc) is 2.92. The van der Waals surface area contributed by atoms with Crippen LogP contribution in [-0.4, -0.2) is 13.6 Å². The molecule has 0 bridgehead atoms. The fourth-order valence-electron chi connectivity index (χ4n) is 3.21. The van der Waals surface area contributed by atoms with Crippen molar-refractivity contribution in [1.82, 2.24) is 5.32 Å². The summed E-state index contributed by atoms with van der Waals surface area (Å²) in [7, 11) is 1.99. The van der Waals surface area contributed by atoms with Gasteiger partial charge in [-0.15, -0.1) is 0 Å². The van der Waals surface area contributed by atoms with E-state index in [4.69, 9.17) is 0 Å². The van der Waals surface area contributed by atoms with Gasteiger partial charge in [0.05, 0.1) is 0 Å². The van der Waals surface area contributed by atoms with Gasteiger partial charge in [0.1, 0.15) is 5.82 Å². The third-order valence-corrected chi connectivity index (χ3v) is 4.30. The monoisotopic (exact) mass is 284 g/mol. The molecule has 1 unspecified atom stereocenters. The highest BCUT2D eigenvalue weighted by Crippen LogP contribution is 2.38. The molecule has 2 aromatic rings. The number of hydrogen-bond acceptors (Lipinski definition) is 2. The first-order valence-corrected chi connectivity index (χ1v) is 7.56. The lowest BCUT2D eigenvalue weighted by molar-refractivity contribution is 0.576.